The van der Waals surface area contributed by atoms with Crippen molar-refractivity contribution >= 4 is 54.3 Å². The van der Waals surface area contributed by atoms with E-state index in [0.717, 1.165) is 0 Å². The van der Waals surface area contributed by atoms with Crippen LogP contribution in [0.5, 0.6) is 0 Å². The Bertz CT molecular complexity index is 32.7. The summed E-state index contributed by atoms with van der Waals surface area (Å²) < 4.78 is 0. The zero-order valence-corrected chi connectivity index (χ0v) is 6.16. The summed E-state index contributed by atoms with van der Waals surface area (Å²) in [6.45, 7) is 0. The molecule has 0 radical (unpaired) electrons. The van der Waals surface area contributed by atoms with Crippen molar-refractivity contribution in [1.29, 1.82) is 0 Å². The first-order valence-corrected chi connectivity index (χ1v) is 0.995. The van der Waals surface area contributed by atoms with Crippen LogP contribution in [-0.4, -0.2) is 10.5 Å². The van der Waals surface area contributed by atoms with Crippen LogP contribution >= 0.6 is 48.8 Å². The Morgan fingerprint density at radius 2 is 1.29 bits per heavy atom. The van der Waals surface area contributed by atoms with Crippen LogP contribution in [0.15, 0.2) is 0 Å². The Balaban J connectivity index is -0.0000000150. The minimum Gasteiger partial charge on any atom is -0.469 e. The van der Waals surface area contributed by atoms with Gasteiger partial charge in [-0.25, -0.2) is 4.79 Å². The average Bonchev–Trinajstić information content (AvgIpc) is 0.811. The highest BCUT2D eigenvalue weighted by Crippen LogP contribution is 1.67. The van der Waals surface area contributed by atoms with Crippen molar-refractivity contribution in [3.05, 3.63) is 0 Å². The molecule has 0 aliphatic rings. The second kappa shape index (κ2) is 15.9. The molecule has 0 aromatic rings. The maximum absolute atomic E-state index is 8.77. The Labute approximate surface area is 64.5 Å². The summed E-state index contributed by atoms with van der Waals surface area (Å²) in [6, 6.07) is 0. The van der Waals surface area contributed by atoms with E-state index >= 15 is 0 Å². The van der Waals surface area contributed by atoms with Gasteiger partial charge < -0.3 is 5.11 Å². The molecule has 0 amide bonds. The first-order chi connectivity index (χ1) is 1.73. The molecule has 0 rings (SSSR count). The molecule has 0 spiro atoms. The molecule has 0 aliphatic heterocycles. The van der Waals surface area contributed by atoms with Crippen molar-refractivity contribution in [3.8, 4) is 0 Å². The van der Waals surface area contributed by atoms with Gasteiger partial charge >= 0.3 is 5.43 Å². The molecule has 0 bridgehead atoms. The number of carbonyl (C=O) groups is 1. The van der Waals surface area contributed by atoms with Gasteiger partial charge in [0.2, 0.25) is 0 Å². The molecule has 0 heterocycles. The predicted octanol–water partition coefficient (Wildman–Crippen LogP) is 2.17. The monoisotopic (exact) mass is 188 g/mol. The first-order valence-electron chi connectivity index (χ1n) is 0.617. The molecule has 0 aromatic carbocycles. The Hall–Kier alpha value is 0.630. The Morgan fingerprint density at radius 1 is 1.29 bits per heavy atom. The van der Waals surface area contributed by atoms with Gasteiger partial charge in [0.05, 0.1) is 0 Å². The summed E-state index contributed by atoms with van der Waals surface area (Å²) in [6.07, 6.45) is 0. The molecule has 0 saturated heterocycles. The summed E-state index contributed by atoms with van der Waals surface area (Å²) in [5.41, 5.74) is -1.36. The van der Waals surface area contributed by atoms with Gasteiger partial charge in [0, 0.05) is 11.6 Å². The standard InChI is InChI=1S/CHClO2.3ClH/c2-1(3)4;;;/h(H,3,4);3*1H. The van der Waals surface area contributed by atoms with E-state index in [1.807, 2.05) is 0 Å². The topological polar surface area (TPSA) is 37.3 Å². The van der Waals surface area contributed by atoms with E-state index in [1.165, 1.54) is 0 Å². The fourth-order valence-electron chi connectivity index (χ4n) is 0. The largest absolute Gasteiger partial charge is 0.469 e. The van der Waals surface area contributed by atoms with Crippen LogP contribution in [0.3, 0.4) is 0 Å². The van der Waals surface area contributed by atoms with E-state index in [4.69, 9.17) is 9.90 Å². The molecule has 0 aliphatic carbocycles. The van der Waals surface area contributed by atoms with Crippen LogP contribution in [0, 0.1) is 0 Å². The lowest BCUT2D eigenvalue weighted by atomic mass is 11.6. The lowest BCUT2D eigenvalue weighted by Gasteiger charge is -1.55. The Kier molecular flexibility index (Phi) is 58.0. The second-order valence-electron chi connectivity index (χ2n) is 0.253. The highest BCUT2D eigenvalue weighted by molar-refractivity contribution is 6.60. The lowest BCUT2D eigenvalue weighted by molar-refractivity contribution is 0.220. The molecule has 6 heteroatoms. The molecule has 48 valence electrons. The summed E-state index contributed by atoms with van der Waals surface area (Å²) >= 11 is 4.19. The third-order valence-corrected chi connectivity index (χ3v) is 0. The highest BCUT2D eigenvalue weighted by atomic mass is 35.5. The van der Waals surface area contributed by atoms with Crippen molar-refractivity contribution < 1.29 is 9.90 Å². The molecule has 0 fully saturated rings. The van der Waals surface area contributed by atoms with Crippen LogP contribution in [-0.2, 0) is 0 Å². The van der Waals surface area contributed by atoms with Gasteiger partial charge in [-0.2, -0.15) is 0 Å². The van der Waals surface area contributed by atoms with E-state index in [1.54, 1.807) is 0 Å². The average molecular weight is 190 g/mol. The van der Waals surface area contributed by atoms with Crippen LogP contribution in [0.1, 0.15) is 0 Å². The molecule has 0 atom stereocenters. The Morgan fingerprint density at radius 3 is 1.29 bits per heavy atom. The van der Waals surface area contributed by atoms with E-state index < -0.39 is 5.43 Å². The number of rotatable bonds is 0. The smallest absolute Gasteiger partial charge is 0.401 e. The maximum atomic E-state index is 8.77. The maximum Gasteiger partial charge on any atom is 0.401 e. The third kappa shape index (κ3) is 358. The first kappa shape index (κ1) is 25.5. The zero-order chi connectivity index (χ0) is 3.58. The van der Waals surface area contributed by atoms with E-state index in [9.17, 15) is 0 Å². The molecular formula is CH4Cl4O2. The van der Waals surface area contributed by atoms with E-state index in [0.29, 0.717) is 0 Å². The summed E-state index contributed by atoms with van der Waals surface area (Å²) in [4.78, 5) is 8.77. The summed E-state index contributed by atoms with van der Waals surface area (Å²) in [5.74, 6) is 0. The fraction of sp³-hybridized carbons (Fsp3) is 0. The number of halogens is 4. The van der Waals surface area contributed by atoms with Crippen molar-refractivity contribution in [1.82, 2.24) is 0 Å². The highest BCUT2D eigenvalue weighted by Gasteiger charge is 1.71. The molecule has 2 nitrogen and oxygen atoms in total. The second-order valence-corrected chi connectivity index (χ2v) is 0.576. The van der Waals surface area contributed by atoms with Gasteiger partial charge in [-0.3, -0.25) is 0 Å². The lowest BCUT2D eigenvalue weighted by Crippen LogP contribution is -1.66. The molecule has 1 N–H and O–H groups in total. The van der Waals surface area contributed by atoms with Gasteiger partial charge in [-0.1, -0.05) is 0 Å². The fourth-order valence-corrected chi connectivity index (χ4v) is 0. The van der Waals surface area contributed by atoms with Crippen molar-refractivity contribution in [2.75, 3.05) is 0 Å². The number of carboxylic acid groups (broad SMARTS) is 1. The predicted molar refractivity (Wildman–Crippen MR) is 35.6 cm³/mol. The van der Waals surface area contributed by atoms with E-state index in [2.05, 4.69) is 11.6 Å². The van der Waals surface area contributed by atoms with Gasteiger partial charge in [0.15, 0.2) is 0 Å². The number of hydrogen-bond acceptors (Lipinski definition) is 1. The third-order valence-electron chi connectivity index (χ3n) is 0. The summed E-state index contributed by atoms with van der Waals surface area (Å²) in [5, 5.41) is 7.18. The van der Waals surface area contributed by atoms with Crippen LogP contribution in [0.4, 0.5) is 4.79 Å². The summed E-state index contributed by atoms with van der Waals surface area (Å²) in [7, 11) is 0. The molecule has 0 saturated carbocycles. The van der Waals surface area contributed by atoms with Crippen molar-refractivity contribution in [2.45, 2.75) is 0 Å². The van der Waals surface area contributed by atoms with Gasteiger partial charge in [-0.15, -0.1) is 37.2 Å². The molecule has 0 aromatic heterocycles. The van der Waals surface area contributed by atoms with Crippen LogP contribution in [0.2, 0.25) is 0 Å². The minimum atomic E-state index is -1.36. The molecule has 0 unspecified atom stereocenters. The minimum absolute atomic E-state index is 0. The van der Waals surface area contributed by atoms with Gasteiger partial charge in [0.1, 0.15) is 0 Å². The van der Waals surface area contributed by atoms with Crippen molar-refractivity contribution in [3.63, 3.8) is 0 Å². The van der Waals surface area contributed by atoms with Crippen molar-refractivity contribution in [2.24, 2.45) is 0 Å². The SMILES string of the molecule is Cl.Cl.Cl.O=C(O)Cl. The normalized spacial score (nSPS) is 3.57. The molecule has 7 heavy (non-hydrogen) atoms. The van der Waals surface area contributed by atoms with Crippen LogP contribution < -0.4 is 0 Å². The van der Waals surface area contributed by atoms with E-state index in [-0.39, 0.29) is 37.2 Å². The zero-order valence-electron chi connectivity index (χ0n) is 2.96. The van der Waals surface area contributed by atoms with Gasteiger partial charge in [0.25, 0.3) is 0 Å². The quantitative estimate of drug-likeness (QED) is 0.594. The number of hydrogen-bond donors (Lipinski definition) is 1. The van der Waals surface area contributed by atoms with Gasteiger partial charge in [-0.05, 0) is 0 Å². The molecular weight excluding hydrogens is 186 g/mol. The van der Waals surface area contributed by atoms with Crippen LogP contribution in [0.25, 0.3) is 0 Å².